The zero-order chi connectivity index (χ0) is 30.1. The van der Waals surface area contributed by atoms with Crippen LogP contribution in [0.3, 0.4) is 0 Å². The third kappa shape index (κ3) is 5.51. The summed E-state index contributed by atoms with van der Waals surface area (Å²) in [5.41, 5.74) is 0.935. The van der Waals surface area contributed by atoms with Gasteiger partial charge in [-0.3, -0.25) is 14.9 Å². The first-order valence-electron chi connectivity index (χ1n) is 12.8. The molecule has 0 unspecified atom stereocenters. The van der Waals surface area contributed by atoms with Gasteiger partial charge < -0.3 is 14.3 Å². The van der Waals surface area contributed by atoms with Gasteiger partial charge in [-0.2, -0.15) is 9.78 Å². The van der Waals surface area contributed by atoms with Crippen LogP contribution in [0.4, 0.5) is 5.69 Å². The van der Waals surface area contributed by atoms with Crippen molar-refractivity contribution in [1.82, 2.24) is 9.66 Å². The number of nitro benzene ring substituents is 1. The van der Waals surface area contributed by atoms with Crippen LogP contribution in [0.15, 0.2) is 110 Å². The van der Waals surface area contributed by atoms with Crippen molar-refractivity contribution in [3.8, 4) is 17.3 Å². The molecule has 0 aliphatic heterocycles. The van der Waals surface area contributed by atoms with Crippen molar-refractivity contribution < 1.29 is 24.0 Å². The highest BCUT2D eigenvalue weighted by Gasteiger charge is 2.22. The summed E-state index contributed by atoms with van der Waals surface area (Å²) < 4.78 is 13.3. The van der Waals surface area contributed by atoms with Gasteiger partial charge >= 0.3 is 11.7 Å². The molecule has 11 nitrogen and oxygen atoms in total. The van der Waals surface area contributed by atoms with E-state index in [0.717, 1.165) is 10.1 Å². The molecule has 12 heteroatoms. The molecule has 0 saturated heterocycles. The average Bonchev–Trinajstić information content (AvgIpc) is 3.44. The third-order valence-corrected chi connectivity index (χ3v) is 6.99. The number of fused-ring (bicyclic) bond motifs is 2. The Morgan fingerprint density at radius 1 is 1.07 bits per heavy atom. The van der Waals surface area contributed by atoms with Crippen LogP contribution in [0.2, 0.25) is 0 Å². The molecule has 0 spiro atoms. The third-order valence-electron chi connectivity index (χ3n) is 6.53. The predicted octanol–water partition coefficient (Wildman–Crippen LogP) is 6.64. The molecule has 6 aromatic rings. The van der Waals surface area contributed by atoms with Gasteiger partial charge in [-0.1, -0.05) is 58.4 Å². The Kier molecular flexibility index (Phi) is 7.26. The zero-order valence-corrected chi connectivity index (χ0v) is 23.6. The van der Waals surface area contributed by atoms with Gasteiger partial charge in [0, 0.05) is 21.5 Å². The van der Waals surface area contributed by atoms with Crippen LogP contribution < -0.4 is 10.3 Å². The molecule has 0 bridgehead atoms. The highest BCUT2D eigenvalue weighted by atomic mass is 79.9. The number of halogens is 1. The van der Waals surface area contributed by atoms with Gasteiger partial charge in [0.05, 0.1) is 27.6 Å². The Balaban J connectivity index is 1.47. The molecular weight excluding hydrogens is 620 g/mol. The van der Waals surface area contributed by atoms with Crippen LogP contribution in [0.25, 0.3) is 33.5 Å². The Morgan fingerprint density at radius 2 is 1.86 bits per heavy atom. The van der Waals surface area contributed by atoms with Gasteiger partial charge in [0.25, 0.3) is 5.56 Å². The summed E-state index contributed by atoms with van der Waals surface area (Å²) in [4.78, 5) is 41.1. The van der Waals surface area contributed by atoms with Crippen molar-refractivity contribution in [3.05, 3.63) is 133 Å². The lowest BCUT2D eigenvalue weighted by atomic mass is 10.1. The largest absolute Gasteiger partial charge is 0.481 e. The molecule has 1 N–H and O–H groups in total. The Morgan fingerprint density at radius 3 is 2.65 bits per heavy atom. The number of nitrogens with zero attached hydrogens (tertiary/aromatic N) is 4. The van der Waals surface area contributed by atoms with Crippen LogP contribution >= 0.6 is 15.9 Å². The maximum absolute atomic E-state index is 13.7. The van der Waals surface area contributed by atoms with Crippen molar-refractivity contribution in [2.75, 3.05) is 0 Å². The number of carboxylic acid groups (broad SMARTS) is 1. The van der Waals surface area contributed by atoms with E-state index in [1.807, 2.05) is 18.2 Å². The smallest absolute Gasteiger partial charge is 0.335 e. The van der Waals surface area contributed by atoms with E-state index in [4.69, 9.17) is 9.15 Å². The number of benzene rings is 4. The minimum Gasteiger partial charge on any atom is -0.481 e. The summed E-state index contributed by atoms with van der Waals surface area (Å²) in [5, 5.41) is 26.8. The van der Waals surface area contributed by atoms with Crippen molar-refractivity contribution >= 4 is 55.7 Å². The second-order valence-corrected chi connectivity index (χ2v) is 10.3. The number of hydrogen-bond donors (Lipinski definition) is 1. The number of nitro groups is 1. The minimum atomic E-state index is -1.11. The molecule has 43 heavy (non-hydrogen) atoms. The van der Waals surface area contributed by atoms with Crippen LogP contribution in [0, 0.1) is 10.1 Å². The van der Waals surface area contributed by atoms with E-state index in [2.05, 4.69) is 26.0 Å². The molecule has 0 atom stereocenters. The van der Waals surface area contributed by atoms with Gasteiger partial charge in [0.15, 0.2) is 5.76 Å². The summed E-state index contributed by atoms with van der Waals surface area (Å²) in [7, 11) is 0. The fraction of sp³-hybridized carbons (Fsp3) is 0.0323. The van der Waals surface area contributed by atoms with Crippen LogP contribution in [0.1, 0.15) is 21.5 Å². The van der Waals surface area contributed by atoms with E-state index in [-0.39, 0.29) is 35.0 Å². The summed E-state index contributed by atoms with van der Waals surface area (Å²) >= 11 is 3.30. The maximum Gasteiger partial charge on any atom is 0.335 e. The lowest BCUT2D eigenvalue weighted by Crippen LogP contribution is -2.20. The maximum atomic E-state index is 13.7. The first kappa shape index (κ1) is 27.5. The van der Waals surface area contributed by atoms with Gasteiger partial charge in [0.2, 0.25) is 11.6 Å². The molecular formula is C31H19BrN4O7. The van der Waals surface area contributed by atoms with Crippen LogP contribution in [-0.4, -0.2) is 31.9 Å². The van der Waals surface area contributed by atoms with Gasteiger partial charge in [-0.05, 0) is 48.0 Å². The van der Waals surface area contributed by atoms with Crippen molar-refractivity contribution in [2.45, 2.75) is 6.61 Å². The van der Waals surface area contributed by atoms with E-state index >= 15 is 0 Å². The highest BCUT2D eigenvalue weighted by Crippen LogP contribution is 2.35. The van der Waals surface area contributed by atoms with E-state index in [9.17, 15) is 24.8 Å². The average molecular weight is 639 g/mol. The fourth-order valence-corrected chi connectivity index (χ4v) is 5.00. The normalized spacial score (nSPS) is 11.4. The molecule has 2 aromatic heterocycles. The van der Waals surface area contributed by atoms with E-state index in [1.54, 1.807) is 54.6 Å². The molecule has 4 aromatic carbocycles. The van der Waals surface area contributed by atoms with Gasteiger partial charge in [-0.25, -0.2) is 9.78 Å². The summed E-state index contributed by atoms with van der Waals surface area (Å²) in [5.74, 6) is -0.798. The van der Waals surface area contributed by atoms with Crippen molar-refractivity contribution in [3.63, 3.8) is 0 Å². The molecule has 0 aliphatic rings. The van der Waals surface area contributed by atoms with E-state index < -0.39 is 16.5 Å². The SMILES string of the molecule is O=C(O)c1cccc(COc2c(C=Nn3c(-c4cc5ccccc5o4)nc4ccccc4c3=O)cc(Br)cc2[N+](=O)[O-])c1. The van der Waals surface area contributed by atoms with Crippen LogP contribution in [-0.2, 0) is 6.61 Å². The second kappa shape index (κ2) is 11.3. The number of ether oxygens (including phenoxy) is 1. The summed E-state index contributed by atoms with van der Waals surface area (Å²) in [6.07, 6.45) is 1.27. The number of carbonyl (C=O) groups is 1. The number of aromatic nitrogens is 2. The minimum absolute atomic E-state index is 0.0505. The first-order valence-corrected chi connectivity index (χ1v) is 13.6. The van der Waals surface area contributed by atoms with Gasteiger partial charge in [0.1, 0.15) is 12.2 Å². The summed E-state index contributed by atoms with van der Waals surface area (Å²) in [6.45, 7) is -0.161. The number of furan rings is 1. The van der Waals surface area contributed by atoms with E-state index in [0.29, 0.717) is 32.3 Å². The number of carboxylic acids is 1. The monoisotopic (exact) mass is 638 g/mol. The summed E-state index contributed by atoms with van der Waals surface area (Å²) in [6, 6.07) is 24.8. The molecule has 212 valence electrons. The Bertz CT molecular complexity index is 2120. The lowest BCUT2D eigenvalue weighted by molar-refractivity contribution is -0.386. The molecule has 0 radical (unpaired) electrons. The van der Waals surface area contributed by atoms with E-state index in [1.165, 1.54) is 24.4 Å². The molecule has 2 heterocycles. The number of hydrogen-bond acceptors (Lipinski definition) is 8. The topological polar surface area (TPSA) is 150 Å². The molecule has 0 aliphatic carbocycles. The van der Waals surface area contributed by atoms with Crippen molar-refractivity contribution in [1.29, 1.82) is 0 Å². The first-order chi connectivity index (χ1) is 20.8. The molecule has 0 amide bonds. The predicted molar refractivity (Wildman–Crippen MR) is 163 cm³/mol. The number of para-hydroxylation sites is 2. The van der Waals surface area contributed by atoms with Crippen LogP contribution in [0.5, 0.6) is 5.75 Å². The molecule has 0 saturated carbocycles. The number of aromatic carboxylic acids is 1. The lowest BCUT2D eigenvalue weighted by Gasteiger charge is -2.11. The quantitative estimate of drug-likeness (QED) is 0.111. The Labute approximate surface area is 250 Å². The second-order valence-electron chi connectivity index (χ2n) is 9.36. The Hall–Kier alpha value is -5.62. The fourth-order valence-electron chi connectivity index (χ4n) is 4.54. The molecule has 6 rings (SSSR count). The van der Waals surface area contributed by atoms with Gasteiger partial charge in [-0.15, -0.1) is 0 Å². The highest BCUT2D eigenvalue weighted by molar-refractivity contribution is 9.10. The zero-order valence-electron chi connectivity index (χ0n) is 22.0. The van der Waals surface area contributed by atoms with Crippen molar-refractivity contribution in [2.24, 2.45) is 5.10 Å². The molecule has 0 fully saturated rings. The number of rotatable bonds is 8. The standard InChI is InChI=1S/C31H19BrN4O7/c32-22-13-21(28(25(15-22)36(40)41)42-17-18-6-5-8-20(12-18)31(38)39)16-33-35-29(27-14-19-7-1-4-11-26(19)43-27)34-24-10-3-2-9-23(24)30(35)37/h1-16H,17H2,(H,38,39).